The SMILES string of the molecule is Nc1ccc([N+](=O)[O-])cc1Cc1nncs1. The summed E-state index contributed by atoms with van der Waals surface area (Å²) in [5, 5.41) is 19.0. The van der Waals surface area contributed by atoms with Crippen molar-refractivity contribution in [3.05, 3.63) is 44.4 Å². The molecule has 0 saturated carbocycles. The minimum Gasteiger partial charge on any atom is -0.398 e. The highest BCUT2D eigenvalue weighted by molar-refractivity contribution is 7.09. The number of nitrogens with zero attached hydrogens (tertiary/aromatic N) is 3. The molecule has 0 atom stereocenters. The lowest BCUT2D eigenvalue weighted by atomic mass is 10.1. The van der Waals surface area contributed by atoms with Crippen molar-refractivity contribution in [1.29, 1.82) is 0 Å². The first-order chi connectivity index (χ1) is 7.66. The maximum absolute atomic E-state index is 10.6. The molecule has 0 aliphatic rings. The summed E-state index contributed by atoms with van der Waals surface area (Å²) < 4.78 is 0. The van der Waals surface area contributed by atoms with E-state index in [1.807, 2.05) is 0 Å². The fraction of sp³-hybridized carbons (Fsp3) is 0.111. The molecule has 16 heavy (non-hydrogen) atoms. The minimum atomic E-state index is -0.441. The standard InChI is InChI=1S/C9H8N4O2S/c10-8-2-1-7(13(14)15)3-6(8)4-9-12-11-5-16-9/h1-3,5H,4,10H2. The molecule has 2 rings (SSSR count). The predicted octanol–water partition coefficient (Wildman–Crippen LogP) is 1.62. The van der Waals surface area contributed by atoms with Gasteiger partial charge in [-0.2, -0.15) is 0 Å². The number of hydrogen-bond donors (Lipinski definition) is 1. The molecule has 6 nitrogen and oxygen atoms in total. The Morgan fingerprint density at radius 3 is 2.94 bits per heavy atom. The first-order valence-corrected chi connectivity index (χ1v) is 5.32. The van der Waals surface area contributed by atoms with Crippen LogP contribution in [0.2, 0.25) is 0 Å². The van der Waals surface area contributed by atoms with Crippen LogP contribution in [0.3, 0.4) is 0 Å². The Morgan fingerprint density at radius 2 is 2.31 bits per heavy atom. The molecule has 1 aromatic carbocycles. The van der Waals surface area contributed by atoms with Crippen LogP contribution in [0.5, 0.6) is 0 Å². The van der Waals surface area contributed by atoms with Crippen molar-refractivity contribution in [2.45, 2.75) is 6.42 Å². The second-order valence-electron chi connectivity index (χ2n) is 3.15. The molecule has 2 aromatic rings. The van der Waals surface area contributed by atoms with E-state index in [0.717, 1.165) is 5.01 Å². The molecule has 1 aromatic heterocycles. The van der Waals surface area contributed by atoms with Gasteiger partial charge in [-0.15, -0.1) is 21.5 Å². The monoisotopic (exact) mass is 236 g/mol. The zero-order valence-electron chi connectivity index (χ0n) is 8.16. The third-order valence-corrected chi connectivity index (χ3v) is 2.78. The van der Waals surface area contributed by atoms with E-state index in [9.17, 15) is 10.1 Å². The van der Waals surface area contributed by atoms with Gasteiger partial charge in [-0.3, -0.25) is 10.1 Å². The minimum absolute atomic E-state index is 0.0358. The third-order valence-electron chi connectivity index (χ3n) is 2.08. The summed E-state index contributed by atoms with van der Waals surface area (Å²) >= 11 is 1.39. The van der Waals surface area contributed by atoms with Crippen molar-refractivity contribution in [1.82, 2.24) is 10.2 Å². The number of nitrogens with two attached hydrogens (primary N) is 1. The van der Waals surface area contributed by atoms with Crippen molar-refractivity contribution in [2.75, 3.05) is 5.73 Å². The topological polar surface area (TPSA) is 94.9 Å². The van der Waals surface area contributed by atoms with Gasteiger partial charge in [-0.05, 0) is 11.6 Å². The van der Waals surface area contributed by atoms with Crippen LogP contribution < -0.4 is 5.73 Å². The van der Waals surface area contributed by atoms with E-state index in [1.165, 1.54) is 29.5 Å². The molecular weight excluding hydrogens is 228 g/mol. The number of anilines is 1. The van der Waals surface area contributed by atoms with E-state index in [0.29, 0.717) is 17.7 Å². The van der Waals surface area contributed by atoms with E-state index < -0.39 is 4.92 Å². The van der Waals surface area contributed by atoms with Crippen LogP contribution in [0.4, 0.5) is 11.4 Å². The molecule has 0 aliphatic carbocycles. The fourth-order valence-electron chi connectivity index (χ4n) is 1.29. The number of nitrogen functional groups attached to an aromatic ring is 1. The molecule has 0 aliphatic heterocycles. The Balaban J connectivity index is 2.32. The van der Waals surface area contributed by atoms with E-state index in [-0.39, 0.29) is 5.69 Å². The lowest BCUT2D eigenvalue weighted by Gasteiger charge is -2.02. The van der Waals surface area contributed by atoms with Crippen LogP contribution in [0.25, 0.3) is 0 Å². The van der Waals surface area contributed by atoms with Gasteiger partial charge < -0.3 is 5.73 Å². The largest absolute Gasteiger partial charge is 0.398 e. The highest BCUT2D eigenvalue weighted by Crippen LogP contribution is 2.22. The lowest BCUT2D eigenvalue weighted by molar-refractivity contribution is -0.384. The first-order valence-electron chi connectivity index (χ1n) is 4.44. The molecule has 0 bridgehead atoms. The van der Waals surface area contributed by atoms with Gasteiger partial charge in [0.1, 0.15) is 10.5 Å². The Morgan fingerprint density at radius 1 is 1.50 bits per heavy atom. The summed E-state index contributed by atoms with van der Waals surface area (Å²) in [7, 11) is 0. The lowest BCUT2D eigenvalue weighted by Crippen LogP contribution is -1.98. The Bertz CT molecular complexity index is 512. The zero-order chi connectivity index (χ0) is 11.5. The van der Waals surface area contributed by atoms with Crippen LogP contribution in [0.15, 0.2) is 23.7 Å². The van der Waals surface area contributed by atoms with Gasteiger partial charge >= 0.3 is 0 Å². The molecular formula is C9H8N4O2S. The van der Waals surface area contributed by atoms with Crippen LogP contribution >= 0.6 is 11.3 Å². The molecule has 0 spiro atoms. The van der Waals surface area contributed by atoms with Crippen LogP contribution in [-0.4, -0.2) is 15.1 Å². The molecule has 0 unspecified atom stereocenters. The maximum atomic E-state index is 10.6. The Kier molecular flexibility index (Phi) is 2.78. The number of nitro benzene ring substituents is 1. The van der Waals surface area contributed by atoms with E-state index in [2.05, 4.69) is 10.2 Å². The predicted molar refractivity (Wildman–Crippen MR) is 60.2 cm³/mol. The number of aromatic nitrogens is 2. The maximum Gasteiger partial charge on any atom is 0.269 e. The highest BCUT2D eigenvalue weighted by Gasteiger charge is 2.10. The van der Waals surface area contributed by atoms with Crippen molar-refractivity contribution < 1.29 is 4.92 Å². The number of hydrogen-bond acceptors (Lipinski definition) is 6. The zero-order valence-corrected chi connectivity index (χ0v) is 8.98. The molecule has 0 radical (unpaired) electrons. The second-order valence-corrected chi connectivity index (χ2v) is 4.07. The van der Waals surface area contributed by atoms with E-state index in [1.54, 1.807) is 5.51 Å². The molecule has 0 fully saturated rings. The Hall–Kier alpha value is -2.02. The quantitative estimate of drug-likeness (QED) is 0.496. The smallest absolute Gasteiger partial charge is 0.269 e. The summed E-state index contributed by atoms with van der Waals surface area (Å²) in [5.41, 5.74) is 8.62. The molecule has 0 saturated heterocycles. The average Bonchev–Trinajstić information content (AvgIpc) is 2.73. The van der Waals surface area contributed by atoms with Gasteiger partial charge in [-0.1, -0.05) is 0 Å². The Labute approximate surface area is 94.9 Å². The second kappa shape index (κ2) is 4.23. The van der Waals surface area contributed by atoms with Gasteiger partial charge in [-0.25, -0.2) is 0 Å². The van der Waals surface area contributed by atoms with Crippen molar-refractivity contribution >= 4 is 22.7 Å². The van der Waals surface area contributed by atoms with Crippen LogP contribution in [-0.2, 0) is 6.42 Å². The van der Waals surface area contributed by atoms with Crippen LogP contribution in [0, 0.1) is 10.1 Å². The molecule has 7 heteroatoms. The summed E-state index contributed by atoms with van der Waals surface area (Å²) in [6.45, 7) is 0. The summed E-state index contributed by atoms with van der Waals surface area (Å²) in [5.74, 6) is 0. The normalized spacial score (nSPS) is 10.2. The van der Waals surface area contributed by atoms with Crippen molar-refractivity contribution in [3.8, 4) is 0 Å². The van der Waals surface area contributed by atoms with Crippen molar-refractivity contribution in [2.24, 2.45) is 0 Å². The van der Waals surface area contributed by atoms with Crippen molar-refractivity contribution in [3.63, 3.8) is 0 Å². The average molecular weight is 236 g/mol. The number of rotatable bonds is 3. The molecule has 0 amide bonds. The number of non-ortho nitro benzene ring substituents is 1. The van der Waals surface area contributed by atoms with Crippen LogP contribution in [0.1, 0.15) is 10.6 Å². The van der Waals surface area contributed by atoms with Gasteiger partial charge in [0.15, 0.2) is 0 Å². The number of nitro groups is 1. The molecule has 2 N–H and O–H groups in total. The fourth-order valence-corrected chi connectivity index (χ4v) is 1.84. The van der Waals surface area contributed by atoms with E-state index >= 15 is 0 Å². The third kappa shape index (κ3) is 2.14. The summed E-state index contributed by atoms with van der Waals surface area (Å²) in [6, 6.07) is 4.39. The van der Waals surface area contributed by atoms with Gasteiger partial charge in [0, 0.05) is 24.2 Å². The highest BCUT2D eigenvalue weighted by atomic mass is 32.1. The number of benzene rings is 1. The first kappa shape index (κ1) is 10.5. The molecule has 82 valence electrons. The molecule has 1 heterocycles. The van der Waals surface area contributed by atoms with Gasteiger partial charge in [0.2, 0.25) is 0 Å². The van der Waals surface area contributed by atoms with Gasteiger partial charge in [0.05, 0.1) is 4.92 Å². The summed E-state index contributed by atoms with van der Waals surface area (Å²) in [6.07, 6.45) is 0.470. The van der Waals surface area contributed by atoms with Gasteiger partial charge in [0.25, 0.3) is 5.69 Å². The summed E-state index contributed by atoms with van der Waals surface area (Å²) in [4.78, 5) is 10.2. The van der Waals surface area contributed by atoms with E-state index in [4.69, 9.17) is 5.73 Å².